The number of nitrogens with zero attached hydrogens (tertiary/aromatic N) is 1. The van der Waals surface area contributed by atoms with Gasteiger partial charge in [0.15, 0.2) is 0 Å². The van der Waals surface area contributed by atoms with Crippen molar-refractivity contribution in [3.05, 3.63) is 40.7 Å². The summed E-state index contributed by atoms with van der Waals surface area (Å²) in [7, 11) is 0. The van der Waals surface area contributed by atoms with Gasteiger partial charge in [0.2, 0.25) is 0 Å². The first kappa shape index (κ1) is 10.9. The number of aromatic nitrogens is 1. The number of hydrogen-bond donors (Lipinski definition) is 1. The molecule has 1 aliphatic heterocycles. The van der Waals surface area contributed by atoms with Gasteiger partial charge in [-0.25, -0.2) is 4.98 Å². The van der Waals surface area contributed by atoms with E-state index in [0.717, 1.165) is 12.2 Å². The van der Waals surface area contributed by atoms with Crippen LogP contribution in [0.25, 0.3) is 11.3 Å². The number of benzene rings is 1. The molecule has 1 saturated heterocycles. The predicted octanol–water partition coefficient (Wildman–Crippen LogP) is 3.62. The highest BCUT2D eigenvalue weighted by atomic mass is 32.1. The van der Waals surface area contributed by atoms with Crippen molar-refractivity contribution >= 4 is 11.3 Å². The molecule has 1 atom stereocenters. The molecule has 0 amide bonds. The van der Waals surface area contributed by atoms with Crippen LogP contribution in [0, 0.1) is 0 Å². The van der Waals surface area contributed by atoms with Gasteiger partial charge >= 0.3 is 0 Å². The standard InChI is InChI=1S/C14H16N2S/c1-2-6-11(7-3-1)13-10-17-14(16-13)12-8-4-5-9-15-12/h1-3,6-7,10,12,15H,4-5,8-9H2. The Kier molecular flexibility index (Phi) is 3.20. The fourth-order valence-electron chi connectivity index (χ4n) is 2.25. The van der Waals surface area contributed by atoms with Crippen LogP contribution < -0.4 is 5.32 Å². The maximum atomic E-state index is 4.76. The van der Waals surface area contributed by atoms with E-state index in [1.165, 1.54) is 29.8 Å². The molecule has 17 heavy (non-hydrogen) atoms. The molecule has 1 N–H and O–H groups in total. The lowest BCUT2D eigenvalue weighted by molar-refractivity contribution is 0.411. The molecule has 2 aromatic rings. The molecule has 1 aromatic heterocycles. The average Bonchev–Trinajstić information content (AvgIpc) is 2.90. The molecule has 1 unspecified atom stereocenters. The Labute approximate surface area is 106 Å². The zero-order chi connectivity index (χ0) is 11.5. The van der Waals surface area contributed by atoms with E-state index in [4.69, 9.17) is 4.98 Å². The summed E-state index contributed by atoms with van der Waals surface area (Å²) < 4.78 is 0. The van der Waals surface area contributed by atoms with Gasteiger partial charge in [-0.3, -0.25) is 0 Å². The average molecular weight is 244 g/mol. The molecule has 3 heteroatoms. The molecule has 0 saturated carbocycles. The molecule has 0 aliphatic carbocycles. The largest absolute Gasteiger partial charge is 0.308 e. The van der Waals surface area contributed by atoms with Crippen molar-refractivity contribution in [2.24, 2.45) is 0 Å². The fraction of sp³-hybridized carbons (Fsp3) is 0.357. The van der Waals surface area contributed by atoms with Gasteiger partial charge in [0.1, 0.15) is 5.01 Å². The smallest absolute Gasteiger partial charge is 0.110 e. The van der Waals surface area contributed by atoms with Gasteiger partial charge in [-0.2, -0.15) is 0 Å². The fourth-order valence-corrected chi connectivity index (χ4v) is 3.19. The van der Waals surface area contributed by atoms with Crippen molar-refractivity contribution in [1.82, 2.24) is 10.3 Å². The van der Waals surface area contributed by atoms with Crippen LogP contribution in [-0.2, 0) is 0 Å². The SMILES string of the molecule is c1ccc(-c2csc(C3CCCCN3)n2)cc1. The molecular formula is C14H16N2S. The molecule has 88 valence electrons. The summed E-state index contributed by atoms with van der Waals surface area (Å²) in [6.45, 7) is 1.13. The van der Waals surface area contributed by atoms with Gasteiger partial charge in [-0.1, -0.05) is 36.8 Å². The number of thiazole rings is 1. The predicted molar refractivity (Wildman–Crippen MR) is 72.1 cm³/mol. The minimum atomic E-state index is 0.478. The number of piperidine rings is 1. The summed E-state index contributed by atoms with van der Waals surface area (Å²) in [5, 5.41) is 6.96. The van der Waals surface area contributed by atoms with Crippen LogP contribution in [0.15, 0.2) is 35.7 Å². The Morgan fingerprint density at radius 2 is 2.06 bits per heavy atom. The van der Waals surface area contributed by atoms with Crippen LogP contribution in [0.2, 0.25) is 0 Å². The maximum Gasteiger partial charge on any atom is 0.110 e. The zero-order valence-corrected chi connectivity index (χ0v) is 10.5. The third kappa shape index (κ3) is 2.40. The van der Waals surface area contributed by atoms with Gasteiger partial charge in [0.05, 0.1) is 11.7 Å². The molecule has 1 fully saturated rings. The monoisotopic (exact) mass is 244 g/mol. The summed E-state index contributed by atoms with van der Waals surface area (Å²) in [6, 6.07) is 10.9. The lowest BCUT2D eigenvalue weighted by atomic mass is 10.1. The molecule has 3 rings (SSSR count). The molecule has 0 radical (unpaired) electrons. The van der Waals surface area contributed by atoms with E-state index in [0.29, 0.717) is 6.04 Å². The summed E-state index contributed by atoms with van der Waals surface area (Å²) >= 11 is 1.78. The summed E-state index contributed by atoms with van der Waals surface area (Å²) in [4.78, 5) is 4.76. The highest BCUT2D eigenvalue weighted by Crippen LogP contribution is 2.29. The second-order valence-corrected chi connectivity index (χ2v) is 5.33. The minimum Gasteiger partial charge on any atom is -0.308 e. The van der Waals surface area contributed by atoms with E-state index < -0.39 is 0 Å². The van der Waals surface area contributed by atoms with E-state index >= 15 is 0 Å². The topological polar surface area (TPSA) is 24.9 Å². The first-order valence-corrected chi connectivity index (χ1v) is 7.06. The molecule has 1 aromatic carbocycles. The van der Waals surface area contributed by atoms with Crippen LogP contribution in [0.5, 0.6) is 0 Å². The van der Waals surface area contributed by atoms with Crippen LogP contribution in [-0.4, -0.2) is 11.5 Å². The maximum absolute atomic E-state index is 4.76. The molecular weight excluding hydrogens is 228 g/mol. The Hall–Kier alpha value is -1.19. The van der Waals surface area contributed by atoms with Crippen LogP contribution in [0.4, 0.5) is 0 Å². The van der Waals surface area contributed by atoms with E-state index in [9.17, 15) is 0 Å². The highest BCUT2D eigenvalue weighted by molar-refractivity contribution is 7.10. The molecule has 0 spiro atoms. The lowest BCUT2D eigenvalue weighted by Gasteiger charge is -2.21. The van der Waals surface area contributed by atoms with Crippen molar-refractivity contribution in [2.75, 3.05) is 6.54 Å². The molecule has 2 heterocycles. The Morgan fingerprint density at radius 3 is 2.82 bits per heavy atom. The number of hydrogen-bond acceptors (Lipinski definition) is 3. The van der Waals surface area contributed by atoms with Gasteiger partial charge in [-0.05, 0) is 19.4 Å². The van der Waals surface area contributed by atoms with Gasteiger partial charge < -0.3 is 5.32 Å². The van der Waals surface area contributed by atoms with Crippen molar-refractivity contribution in [1.29, 1.82) is 0 Å². The lowest BCUT2D eigenvalue weighted by Crippen LogP contribution is -2.26. The molecule has 1 aliphatic rings. The first-order chi connectivity index (χ1) is 8.43. The van der Waals surface area contributed by atoms with Crippen molar-refractivity contribution in [3.63, 3.8) is 0 Å². The van der Waals surface area contributed by atoms with Gasteiger partial charge in [0.25, 0.3) is 0 Å². The summed E-state index contributed by atoms with van der Waals surface area (Å²) in [5.74, 6) is 0. The third-order valence-electron chi connectivity index (χ3n) is 3.20. The van der Waals surface area contributed by atoms with Crippen LogP contribution in [0.1, 0.15) is 30.3 Å². The number of nitrogens with one attached hydrogen (secondary N) is 1. The zero-order valence-electron chi connectivity index (χ0n) is 9.73. The van der Waals surface area contributed by atoms with Crippen molar-refractivity contribution in [2.45, 2.75) is 25.3 Å². The van der Waals surface area contributed by atoms with E-state index in [1.807, 2.05) is 6.07 Å². The third-order valence-corrected chi connectivity index (χ3v) is 4.16. The normalized spacial score (nSPS) is 20.4. The first-order valence-electron chi connectivity index (χ1n) is 6.18. The Bertz CT molecular complexity index is 472. The van der Waals surface area contributed by atoms with Crippen LogP contribution >= 0.6 is 11.3 Å². The minimum absolute atomic E-state index is 0.478. The highest BCUT2D eigenvalue weighted by Gasteiger charge is 2.18. The Morgan fingerprint density at radius 1 is 1.18 bits per heavy atom. The van der Waals surface area contributed by atoms with Gasteiger partial charge in [0, 0.05) is 10.9 Å². The van der Waals surface area contributed by atoms with E-state index in [-0.39, 0.29) is 0 Å². The quantitative estimate of drug-likeness (QED) is 0.872. The Balaban J connectivity index is 1.83. The second-order valence-electron chi connectivity index (χ2n) is 4.44. The number of rotatable bonds is 2. The second kappa shape index (κ2) is 4.98. The van der Waals surface area contributed by atoms with Crippen molar-refractivity contribution < 1.29 is 0 Å². The van der Waals surface area contributed by atoms with E-state index in [1.54, 1.807) is 11.3 Å². The van der Waals surface area contributed by atoms with Crippen molar-refractivity contribution in [3.8, 4) is 11.3 Å². The summed E-state index contributed by atoms with van der Waals surface area (Å²) in [5.41, 5.74) is 2.32. The van der Waals surface area contributed by atoms with E-state index in [2.05, 4.69) is 35.0 Å². The molecule has 0 bridgehead atoms. The molecule has 2 nitrogen and oxygen atoms in total. The van der Waals surface area contributed by atoms with Gasteiger partial charge in [-0.15, -0.1) is 11.3 Å². The van der Waals surface area contributed by atoms with Crippen LogP contribution in [0.3, 0.4) is 0 Å². The summed E-state index contributed by atoms with van der Waals surface area (Å²) in [6.07, 6.45) is 3.84.